The molecule has 2 N–H and O–H groups in total. The summed E-state index contributed by atoms with van der Waals surface area (Å²) in [5, 5.41) is 8.22. The second-order valence-corrected chi connectivity index (χ2v) is 4.20. The van der Waals surface area contributed by atoms with Gasteiger partial charge in [0.15, 0.2) is 0 Å². The van der Waals surface area contributed by atoms with Crippen molar-refractivity contribution >= 4 is 9.73 Å². The van der Waals surface area contributed by atoms with E-state index in [1.165, 1.54) is 6.26 Å². The minimum atomic E-state index is -2.35. The van der Waals surface area contributed by atoms with E-state index in [9.17, 15) is 4.21 Å². The molecule has 0 amide bonds. The van der Waals surface area contributed by atoms with Gasteiger partial charge in [0, 0.05) is 28.3 Å². The highest BCUT2D eigenvalue weighted by Gasteiger charge is 1.93. The van der Waals surface area contributed by atoms with Gasteiger partial charge in [0.1, 0.15) is 0 Å². The van der Waals surface area contributed by atoms with Crippen LogP contribution in [-0.2, 0) is 9.73 Å². The molecule has 0 aromatic rings. The lowest BCUT2D eigenvalue weighted by Gasteiger charge is -1.94. The third-order valence-electron chi connectivity index (χ3n) is 0.692. The molecule has 0 aromatic carbocycles. The zero-order valence-corrected chi connectivity index (χ0v) is 5.70. The number of aliphatic hydroxyl groups is 1. The van der Waals surface area contributed by atoms with Crippen LogP contribution in [0.1, 0.15) is 6.42 Å². The van der Waals surface area contributed by atoms with Gasteiger partial charge in [-0.15, -0.1) is 0 Å². The van der Waals surface area contributed by atoms with Crippen LogP contribution < -0.4 is 0 Å². The summed E-state index contributed by atoms with van der Waals surface area (Å²) in [4.78, 5) is 0. The molecule has 3 nitrogen and oxygen atoms in total. The summed E-state index contributed by atoms with van der Waals surface area (Å²) in [6.45, 7) is 0.0315. The molecule has 50 valence electrons. The topological polar surface area (TPSA) is 61.2 Å². The minimum absolute atomic E-state index is 0.0315. The second-order valence-electron chi connectivity index (χ2n) is 1.79. The molecule has 0 spiro atoms. The summed E-state index contributed by atoms with van der Waals surface area (Å²) < 4.78 is 17.4. The van der Waals surface area contributed by atoms with Crippen molar-refractivity contribution in [3.8, 4) is 0 Å². The first-order chi connectivity index (χ1) is 3.56. The third kappa shape index (κ3) is 5.91. The van der Waals surface area contributed by atoms with Crippen molar-refractivity contribution in [2.45, 2.75) is 6.42 Å². The van der Waals surface area contributed by atoms with Gasteiger partial charge in [-0.2, -0.15) is 0 Å². The summed E-state index contributed by atoms with van der Waals surface area (Å²) in [5.74, 6) is 0.309. The van der Waals surface area contributed by atoms with Crippen LogP contribution in [-0.4, -0.2) is 27.9 Å². The first-order valence-electron chi connectivity index (χ1n) is 2.38. The number of aliphatic hydroxyl groups excluding tert-OH is 1. The van der Waals surface area contributed by atoms with Crippen molar-refractivity contribution in [3.05, 3.63) is 0 Å². The first kappa shape index (κ1) is 7.91. The summed E-state index contributed by atoms with van der Waals surface area (Å²) in [7, 11) is -2.35. The Labute approximate surface area is 49.7 Å². The Kier molecular flexibility index (Phi) is 3.01. The zero-order chi connectivity index (χ0) is 6.62. The Bertz CT molecular complexity index is 138. The van der Waals surface area contributed by atoms with Gasteiger partial charge in [-0.05, 0) is 6.42 Å². The minimum Gasteiger partial charge on any atom is -0.396 e. The summed E-state index contributed by atoms with van der Waals surface area (Å²) >= 11 is 0. The molecule has 0 aliphatic heterocycles. The van der Waals surface area contributed by atoms with Gasteiger partial charge in [0.05, 0.1) is 0 Å². The van der Waals surface area contributed by atoms with Crippen molar-refractivity contribution in [2.75, 3.05) is 18.6 Å². The predicted molar refractivity (Wildman–Crippen MR) is 33.4 cm³/mol. The molecule has 0 aromatic heterocycles. The van der Waals surface area contributed by atoms with E-state index in [1.54, 1.807) is 0 Å². The van der Waals surface area contributed by atoms with E-state index in [2.05, 4.69) is 0 Å². The molecule has 0 radical (unpaired) electrons. The van der Waals surface area contributed by atoms with Gasteiger partial charge in [0.25, 0.3) is 0 Å². The summed E-state index contributed by atoms with van der Waals surface area (Å²) in [5.41, 5.74) is 0. The maximum absolute atomic E-state index is 10.5. The standard InChI is InChI=1S/C4H11NO2S/c1-8(5,7)4-2-3-6/h5-6H,2-4H2,1H3/t8-/m1/s1. The smallest absolute Gasteiger partial charge is 0.0440 e. The highest BCUT2D eigenvalue weighted by molar-refractivity contribution is 7.91. The highest BCUT2D eigenvalue weighted by Crippen LogP contribution is 1.86. The van der Waals surface area contributed by atoms with E-state index < -0.39 is 9.73 Å². The molecule has 0 heterocycles. The lowest BCUT2D eigenvalue weighted by Crippen LogP contribution is -2.02. The lowest BCUT2D eigenvalue weighted by molar-refractivity contribution is 0.296. The Morgan fingerprint density at radius 3 is 2.38 bits per heavy atom. The molecule has 0 saturated heterocycles. The molecule has 0 aliphatic rings. The molecule has 0 saturated carbocycles. The van der Waals surface area contributed by atoms with Gasteiger partial charge < -0.3 is 5.11 Å². The third-order valence-corrected chi connectivity index (χ3v) is 1.76. The molecule has 0 aliphatic carbocycles. The molecular formula is C4H11NO2S. The highest BCUT2D eigenvalue weighted by atomic mass is 32.2. The fourth-order valence-electron chi connectivity index (χ4n) is 0.340. The van der Waals surface area contributed by atoms with E-state index in [0.29, 0.717) is 12.2 Å². The largest absolute Gasteiger partial charge is 0.396 e. The van der Waals surface area contributed by atoms with E-state index in [-0.39, 0.29) is 6.61 Å². The second kappa shape index (κ2) is 3.04. The quantitative estimate of drug-likeness (QED) is 0.577. The van der Waals surface area contributed by atoms with E-state index in [1.807, 2.05) is 0 Å². The van der Waals surface area contributed by atoms with Crippen molar-refractivity contribution in [1.29, 1.82) is 4.78 Å². The van der Waals surface area contributed by atoms with Crippen LogP contribution in [0.2, 0.25) is 0 Å². The Morgan fingerprint density at radius 2 is 2.25 bits per heavy atom. The normalized spacial score (nSPS) is 17.8. The fraction of sp³-hybridized carbons (Fsp3) is 1.00. The van der Waals surface area contributed by atoms with Gasteiger partial charge in [-0.3, -0.25) is 8.99 Å². The number of nitrogens with one attached hydrogen (secondary N) is 1. The van der Waals surface area contributed by atoms with E-state index >= 15 is 0 Å². The Balaban J connectivity index is 3.42. The first-order valence-corrected chi connectivity index (χ1v) is 4.52. The van der Waals surface area contributed by atoms with E-state index in [0.717, 1.165) is 0 Å². The van der Waals surface area contributed by atoms with Crippen molar-refractivity contribution < 1.29 is 9.32 Å². The molecule has 0 bridgehead atoms. The van der Waals surface area contributed by atoms with Crippen molar-refractivity contribution in [3.63, 3.8) is 0 Å². The van der Waals surface area contributed by atoms with Crippen LogP contribution in [0.4, 0.5) is 0 Å². The summed E-state index contributed by atoms with van der Waals surface area (Å²) in [6, 6.07) is 0. The van der Waals surface area contributed by atoms with Gasteiger partial charge in [-0.25, -0.2) is 0 Å². The molecule has 4 heteroatoms. The van der Waals surface area contributed by atoms with Crippen LogP contribution in [0.25, 0.3) is 0 Å². The van der Waals surface area contributed by atoms with Crippen LogP contribution in [0, 0.1) is 4.78 Å². The molecule has 0 unspecified atom stereocenters. The Hall–Kier alpha value is -0.0900. The maximum atomic E-state index is 10.5. The fourth-order valence-corrected chi connectivity index (χ4v) is 1.02. The zero-order valence-electron chi connectivity index (χ0n) is 4.89. The molecule has 8 heavy (non-hydrogen) atoms. The van der Waals surface area contributed by atoms with Crippen molar-refractivity contribution in [1.82, 2.24) is 0 Å². The average Bonchev–Trinajstić information content (AvgIpc) is 1.59. The van der Waals surface area contributed by atoms with Gasteiger partial charge in [-0.1, -0.05) is 0 Å². The molecule has 0 fully saturated rings. The number of hydrogen-bond donors (Lipinski definition) is 2. The lowest BCUT2D eigenvalue weighted by atomic mass is 10.5. The van der Waals surface area contributed by atoms with E-state index in [4.69, 9.17) is 9.89 Å². The van der Waals surface area contributed by atoms with Crippen molar-refractivity contribution in [2.24, 2.45) is 0 Å². The van der Waals surface area contributed by atoms with Crippen LogP contribution in [0.5, 0.6) is 0 Å². The van der Waals surface area contributed by atoms with Crippen LogP contribution >= 0.6 is 0 Å². The van der Waals surface area contributed by atoms with Crippen LogP contribution in [0.3, 0.4) is 0 Å². The Morgan fingerprint density at radius 1 is 1.75 bits per heavy atom. The number of hydrogen-bond acceptors (Lipinski definition) is 3. The van der Waals surface area contributed by atoms with Gasteiger partial charge >= 0.3 is 0 Å². The summed E-state index contributed by atoms with van der Waals surface area (Å²) in [6.07, 6.45) is 1.85. The maximum Gasteiger partial charge on any atom is 0.0440 e. The molecule has 0 rings (SSSR count). The monoisotopic (exact) mass is 137 g/mol. The average molecular weight is 137 g/mol. The van der Waals surface area contributed by atoms with Crippen LogP contribution in [0.15, 0.2) is 0 Å². The predicted octanol–water partition coefficient (Wildman–Crippen LogP) is 0.0454. The number of rotatable bonds is 3. The SMILES string of the molecule is C[S@@](=N)(=O)CCCO. The molecule has 1 atom stereocenters. The molecular weight excluding hydrogens is 126 g/mol. The van der Waals surface area contributed by atoms with Gasteiger partial charge in [0.2, 0.25) is 0 Å².